The summed E-state index contributed by atoms with van der Waals surface area (Å²) in [6.45, 7) is 2.64. The summed E-state index contributed by atoms with van der Waals surface area (Å²) in [4.78, 5) is 46.9. The average molecular weight is 546 g/mol. The van der Waals surface area contributed by atoms with E-state index in [2.05, 4.69) is 10.3 Å². The van der Waals surface area contributed by atoms with Crippen LogP contribution < -0.4 is 14.8 Å². The third-order valence-electron chi connectivity index (χ3n) is 5.22. The van der Waals surface area contributed by atoms with Crippen LogP contribution in [0.5, 0.6) is 11.5 Å². The molecule has 1 atom stereocenters. The zero-order valence-electron chi connectivity index (χ0n) is 20.5. The van der Waals surface area contributed by atoms with Crippen LogP contribution in [0.4, 0.5) is 0 Å². The Hall–Kier alpha value is -3.66. The number of carbonyl (C=O) groups is 3. The fourth-order valence-corrected chi connectivity index (χ4v) is 3.75. The number of carbonyl (C=O) groups excluding carboxylic acids is 3. The van der Waals surface area contributed by atoms with Gasteiger partial charge in [0, 0.05) is 36.3 Å². The quantitative estimate of drug-likeness (QED) is 0.306. The molecule has 9 nitrogen and oxygen atoms in total. The number of ether oxygens (including phenoxy) is 2. The Bertz CT molecular complexity index is 1220. The second-order valence-corrected chi connectivity index (χ2v) is 8.81. The van der Waals surface area contributed by atoms with Gasteiger partial charge in [0.05, 0.1) is 13.2 Å². The van der Waals surface area contributed by atoms with Crippen molar-refractivity contribution in [3.63, 3.8) is 0 Å². The summed E-state index contributed by atoms with van der Waals surface area (Å²) in [5.41, 5.74) is 1.40. The number of hydrogen-bond acceptors (Lipinski definition) is 8. The van der Waals surface area contributed by atoms with E-state index in [0.29, 0.717) is 10.0 Å². The number of halogens is 2. The van der Waals surface area contributed by atoms with Gasteiger partial charge in [0.15, 0.2) is 11.4 Å². The van der Waals surface area contributed by atoms with E-state index in [1.54, 1.807) is 31.3 Å². The van der Waals surface area contributed by atoms with Crippen molar-refractivity contribution in [2.24, 2.45) is 0 Å². The molecule has 1 aromatic heterocycles. The number of nitrogens with zero attached hydrogens (tertiary/aromatic N) is 2. The molecule has 0 spiro atoms. The summed E-state index contributed by atoms with van der Waals surface area (Å²) in [5, 5.41) is 5.02. The van der Waals surface area contributed by atoms with Gasteiger partial charge in [0.1, 0.15) is 6.04 Å². The van der Waals surface area contributed by atoms with E-state index in [4.69, 9.17) is 37.5 Å². The standard InChI is InChI=1S/C26H25Cl2N3O6/c1-15(30-25(33)22-24(36-16(2)32)21(35-4)13-14-29-22)26(34)37-31(3)23(17-5-9-19(27)10-6-17)18-7-11-20(28)12-8-18/h5-15,23H,1-4H3,(H,30,33)/t15-/m0/s1. The van der Waals surface area contributed by atoms with Gasteiger partial charge >= 0.3 is 11.9 Å². The van der Waals surface area contributed by atoms with Gasteiger partial charge in [0.2, 0.25) is 5.75 Å². The van der Waals surface area contributed by atoms with Crippen molar-refractivity contribution in [1.29, 1.82) is 0 Å². The van der Waals surface area contributed by atoms with Crippen LogP contribution in [0, 0.1) is 0 Å². The van der Waals surface area contributed by atoms with Crippen molar-refractivity contribution in [2.75, 3.05) is 14.2 Å². The first kappa shape index (κ1) is 27.9. The van der Waals surface area contributed by atoms with Crippen molar-refractivity contribution in [2.45, 2.75) is 25.9 Å². The lowest BCUT2D eigenvalue weighted by molar-refractivity contribution is -0.193. The number of hydrogen-bond donors (Lipinski definition) is 1. The van der Waals surface area contributed by atoms with Crippen LogP contribution in [-0.2, 0) is 14.4 Å². The number of pyridine rings is 1. The molecule has 194 valence electrons. The predicted octanol–water partition coefficient (Wildman–Crippen LogP) is 4.62. The molecule has 0 fully saturated rings. The second kappa shape index (κ2) is 12.5. The van der Waals surface area contributed by atoms with Crippen molar-refractivity contribution in [3.8, 4) is 11.5 Å². The minimum Gasteiger partial charge on any atom is -0.493 e. The molecule has 1 amide bonds. The summed E-state index contributed by atoms with van der Waals surface area (Å²) in [7, 11) is 2.96. The van der Waals surface area contributed by atoms with Gasteiger partial charge in [-0.25, -0.2) is 9.78 Å². The van der Waals surface area contributed by atoms with Gasteiger partial charge in [-0.3, -0.25) is 9.59 Å². The van der Waals surface area contributed by atoms with Gasteiger partial charge in [-0.05, 0) is 42.3 Å². The Morgan fingerprint density at radius 2 is 1.49 bits per heavy atom. The average Bonchev–Trinajstić information content (AvgIpc) is 2.86. The largest absolute Gasteiger partial charge is 0.493 e. The van der Waals surface area contributed by atoms with E-state index in [1.807, 2.05) is 24.3 Å². The van der Waals surface area contributed by atoms with Crippen LogP contribution in [0.2, 0.25) is 10.0 Å². The molecule has 0 aliphatic heterocycles. The van der Waals surface area contributed by atoms with E-state index in [-0.39, 0.29) is 17.2 Å². The molecule has 0 aliphatic rings. The van der Waals surface area contributed by atoms with Gasteiger partial charge < -0.3 is 19.6 Å². The van der Waals surface area contributed by atoms with E-state index in [1.165, 1.54) is 38.3 Å². The highest BCUT2D eigenvalue weighted by Crippen LogP contribution is 2.31. The van der Waals surface area contributed by atoms with E-state index in [0.717, 1.165) is 11.1 Å². The minimum atomic E-state index is -1.08. The molecular formula is C26H25Cl2N3O6. The lowest BCUT2D eigenvalue weighted by atomic mass is 9.99. The minimum absolute atomic E-state index is 0.138. The fourth-order valence-electron chi connectivity index (χ4n) is 3.50. The maximum atomic E-state index is 12.9. The SMILES string of the molecule is COc1ccnc(C(=O)N[C@@H](C)C(=O)ON(C)C(c2ccc(Cl)cc2)c2ccc(Cl)cc2)c1OC(C)=O. The molecule has 0 bridgehead atoms. The first-order chi connectivity index (χ1) is 17.6. The number of rotatable bonds is 9. The van der Waals surface area contributed by atoms with Crippen LogP contribution in [0.15, 0.2) is 60.8 Å². The Kier molecular flexibility index (Phi) is 9.46. The van der Waals surface area contributed by atoms with E-state index >= 15 is 0 Å². The first-order valence-corrected chi connectivity index (χ1v) is 11.8. The lowest BCUT2D eigenvalue weighted by Gasteiger charge is -2.28. The summed E-state index contributed by atoms with van der Waals surface area (Å²) < 4.78 is 10.3. The summed E-state index contributed by atoms with van der Waals surface area (Å²) >= 11 is 12.1. The molecule has 11 heteroatoms. The number of methoxy groups -OCH3 is 1. The number of hydroxylamine groups is 2. The van der Waals surface area contributed by atoms with Gasteiger partial charge in [0.25, 0.3) is 5.91 Å². The maximum absolute atomic E-state index is 12.9. The third-order valence-corrected chi connectivity index (χ3v) is 5.72. The van der Waals surface area contributed by atoms with Gasteiger partial charge in [-0.1, -0.05) is 47.5 Å². The van der Waals surface area contributed by atoms with Crippen molar-refractivity contribution in [1.82, 2.24) is 15.4 Å². The van der Waals surface area contributed by atoms with Crippen LogP contribution in [-0.4, -0.2) is 48.1 Å². The van der Waals surface area contributed by atoms with Crippen molar-refractivity contribution in [3.05, 3.63) is 87.7 Å². The number of aromatic nitrogens is 1. The molecule has 1 heterocycles. The molecule has 0 aliphatic carbocycles. The van der Waals surface area contributed by atoms with Crippen molar-refractivity contribution >= 4 is 41.0 Å². The Morgan fingerprint density at radius 1 is 0.946 bits per heavy atom. The Balaban J connectivity index is 1.78. The topological polar surface area (TPSA) is 107 Å². The second-order valence-electron chi connectivity index (χ2n) is 7.94. The predicted molar refractivity (Wildman–Crippen MR) is 138 cm³/mol. The fraction of sp³-hybridized carbons (Fsp3) is 0.231. The Labute approximate surface area is 224 Å². The maximum Gasteiger partial charge on any atom is 0.347 e. The highest BCUT2D eigenvalue weighted by atomic mass is 35.5. The lowest BCUT2D eigenvalue weighted by Crippen LogP contribution is -2.43. The van der Waals surface area contributed by atoms with Gasteiger partial charge in [-0.15, -0.1) is 5.06 Å². The summed E-state index contributed by atoms with van der Waals surface area (Å²) in [6, 6.07) is 14.1. The first-order valence-electron chi connectivity index (χ1n) is 11.1. The molecule has 2 aromatic carbocycles. The summed E-state index contributed by atoms with van der Waals surface area (Å²) in [5.74, 6) is -2.17. The highest BCUT2D eigenvalue weighted by Gasteiger charge is 2.28. The molecule has 0 saturated carbocycles. The highest BCUT2D eigenvalue weighted by molar-refractivity contribution is 6.30. The zero-order valence-corrected chi connectivity index (χ0v) is 22.0. The molecule has 0 saturated heterocycles. The van der Waals surface area contributed by atoms with Crippen LogP contribution in [0.1, 0.15) is 41.5 Å². The number of benzene rings is 2. The molecule has 3 rings (SSSR count). The normalized spacial score (nSPS) is 11.7. The van der Waals surface area contributed by atoms with E-state index < -0.39 is 29.9 Å². The molecular weight excluding hydrogens is 521 g/mol. The molecule has 0 unspecified atom stereocenters. The molecule has 3 aromatic rings. The molecule has 1 N–H and O–H groups in total. The van der Waals surface area contributed by atoms with Crippen molar-refractivity contribution < 1.29 is 28.7 Å². The number of amides is 1. The third kappa shape index (κ3) is 7.19. The smallest absolute Gasteiger partial charge is 0.347 e. The summed E-state index contributed by atoms with van der Waals surface area (Å²) in [6.07, 6.45) is 1.32. The molecule has 37 heavy (non-hydrogen) atoms. The van der Waals surface area contributed by atoms with Crippen LogP contribution in [0.25, 0.3) is 0 Å². The number of esters is 1. The van der Waals surface area contributed by atoms with Crippen LogP contribution in [0.3, 0.4) is 0 Å². The van der Waals surface area contributed by atoms with Crippen LogP contribution >= 0.6 is 23.2 Å². The molecule has 0 radical (unpaired) electrons. The zero-order chi connectivity index (χ0) is 27.1. The van der Waals surface area contributed by atoms with E-state index in [9.17, 15) is 14.4 Å². The monoisotopic (exact) mass is 545 g/mol. The number of nitrogens with one attached hydrogen (secondary N) is 1. The Morgan fingerprint density at radius 3 is 1.97 bits per heavy atom. The van der Waals surface area contributed by atoms with Gasteiger partial charge in [-0.2, -0.15) is 0 Å².